The van der Waals surface area contributed by atoms with E-state index in [-0.39, 0.29) is 17.8 Å². The highest BCUT2D eigenvalue weighted by Crippen LogP contribution is 2.13. The molecule has 11 heteroatoms. The van der Waals surface area contributed by atoms with Crippen LogP contribution in [0.3, 0.4) is 0 Å². The molecule has 0 aromatic carbocycles. The van der Waals surface area contributed by atoms with E-state index in [2.05, 4.69) is 16.0 Å². The Morgan fingerprint density at radius 2 is 1.18 bits per heavy atom. The van der Waals surface area contributed by atoms with Gasteiger partial charge in [-0.2, -0.15) is 0 Å². The van der Waals surface area contributed by atoms with Gasteiger partial charge < -0.3 is 31.9 Å². The number of carboxylic acid groups (broad SMARTS) is 2. The molecule has 0 rings (SSSR count). The van der Waals surface area contributed by atoms with Crippen LogP contribution >= 0.6 is 0 Å². The van der Waals surface area contributed by atoms with Crippen molar-refractivity contribution in [2.45, 2.75) is 91.4 Å². The SMILES string of the molecule is CCC(C)C(NC(=O)C(N)CC(C)C)C(=O)NC(C(=O)NC(CC(=O)O)C(=O)O)C(C)CC. The molecule has 0 fully saturated rings. The summed E-state index contributed by atoms with van der Waals surface area (Å²) in [6.07, 6.45) is 0.687. The molecule has 0 aliphatic rings. The maximum Gasteiger partial charge on any atom is 0.326 e. The lowest BCUT2D eigenvalue weighted by molar-refractivity contribution is -0.147. The number of carbonyl (C=O) groups excluding carboxylic acids is 3. The Kier molecular flexibility index (Phi) is 13.3. The van der Waals surface area contributed by atoms with Crippen molar-refractivity contribution in [1.29, 1.82) is 0 Å². The van der Waals surface area contributed by atoms with Crippen LogP contribution in [0.15, 0.2) is 0 Å². The number of rotatable bonds is 15. The summed E-state index contributed by atoms with van der Waals surface area (Å²) >= 11 is 0. The maximum absolute atomic E-state index is 13.1. The van der Waals surface area contributed by atoms with Crippen LogP contribution in [0.5, 0.6) is 0 Å². The number of aliphatic carboxylic acids is 2. The van der Waals surface area contributed by atoms with E-state index < -0.39 is 60.2 Å². The number of hydrogen-bond acceptors (Lipinski definition) is 6. The lowest BCUT2D eigenvalue weighted by Crippen LogP contribution is -2.60. The summed E-state index contributed by atoms with van der Waals surface area (Å²) < 4.78 is 0. The lowest BCUT2D eigenvalue weighted by atomic mass is 9.94. The molecule has 0 aliphatic heterocycles. The van der Waals surface area contributed by atoms with Crippen molar-refractivity contribution in [2.24, 2.45) is 23.5 Å². The second-order valence-corrected chi connectivity index (χ2v) is 8.98. The van der Waals surface area contributed by atoms with Gasteiger partial charge in [0.15, 0.2) is 0 Å². The number of nitrogens with one attached hydrogen (secondary N) is 3. The van der Waals surface area contributed by atoms with Gasteiger partial charge in [0.25, 0.3) is 0 Å². The molecular weight excluding hydrogens is 432 g/mol. The van der Waals surface area contributed by atoms with Crippen molar-refractivity contribution in [2.75, 3.05) is 0 Å². The van der Waals surface area contributed by atoms with Crippen LogP contribution in [0.25, 0.3) is 0 Å². The third kappa shape index (κ3) is 10.6. The molecule has 190 valence electrons. The van der Waals surface area contributed by atoms with Crippen LogP contribution in [0, 0.1) is 17.8 Å². The monoisotopic (exact) mass is 472 g/mol. The molecule has 6 atom stereocenters. The fourth-order valence-electron chi connectivity index (χ4n) is 3.16. The van der Waals surface area contributed by atoms with E-state index in [1.807, 2.05) is 20.8 Å². The average Bonchev–Trinajstić information content (AvgIpc) is 2.72. The standard InChI is InChI=1S/C22H40N4O7/c1-7-12(5)17(20(30)24-15(22(32)33)10-16(27)28)26-21(31)18(13(6)8-2)25-19(29)14(23)9-11(3)4/h11-15,17-18H,7-10,23H2,1-6H3,(H,24,30)(H,25,29)(H,26,31)(H,27,28)(H,32,33). The maximum atomic E-state index is 13.1. The fraction of sp³-hybridized carbons (Fsp3) is 0.773. The molecule has 3 amide bonds. The smallest absolute Gasteiger partial charge is 0.326 e. The van der Waals surface area contributed by atoms with Gasteiger partial charge in [-0.05, 0) is 24.2 Å². The first-order chi connectivity index (χ1) is 15.2. The van der Waals surface area contributed by atoms with Crippen molar-refractivity contribution in [3.8, 4) is 0 Å². The topological polar surface area (TPSA) is 188 Å². The van der Waals surface area contributed by atoms with Crippen LogP contribution in [-0.2, 0) is 24.0 Å². The van der Waals surface area contributed by atoms with Gasteiger partial charge in [-0.25, -0.2) is 4.79 Å². The van der Waals surface area contributed by atoms with E-state index in [0.29, 0.717) is 19.3 Å². The van der Waals surface area contributed by atoms with Crippen molar-refractivity contribution >= 4 is 29.7 Å². The predicted octanol–water partition coefficient (Wildman–Crippen LogP) is 0.466. The van der Waals surface area contributed by atoms with Gasteiger partial charge in [-0.15, -0.1) is 0 Å². The molecular formula is C22H40N4O7. The normalized spacial score (nSPS) is 16.6. The Morgan fingerprint density at radius 1 is 0.758 bits per heavy atom. The summed E-state index contributed by atoms with van der Waals surface area (Å²) in [5.41, 5.74) is 5.94. The highest BCUT2D eigenvalue weighted by Gasteiger charge is 2.34. The van der Waals surface area contributed by atoms with Gasteiger partial charge in [0, 0.05) is 0 Å². The zero-order valence-electron chi connectivity index (χ0n) is 20.4. The summed E-state index contributed by atoms with van der Waals surface area (Å²) in [4.78, 5) is 60.7. The molecule has 33 heavy (non-hydrogen) atoms. The minimum Gasteiger partial charge on any atom is -0.481 e. The molecule has 0 aliphatic carbocycles. The van der Waals surface area contributed by atoms with Gasteiger partial charge in [0.2, 0.25) is 17.7 Å². The van der Waals surface area contributed by atoms with E-state index >= 15 is 0 Å². The Morgan fingerprint density at radius 3 is 1.55 bits per heavy atom. The van der Waals surface area contributed by atoms with Crippen LogP contribution in [-0.4, -0.2) is 64.0 Å². The Hall–Kier alpha value is -2.69. The van der Waals surface area contributed by atoms with Crippen molar-refractivity contribution in [3.05, 3.63) is 0 Å². The average molecular weight is 473 g/mol. The largest absolute Gasteiger partial charge is 0.481 e. The third-order valence-corrected chi connectivity index (χ3v) is 5.64. The second kappa shape index (κ2) is 14.5. The first kappa shape index (κ1) is 30.3. The van der Waals surface area contributed by atoms with Crippen molar-refractivity contribution in [3.63, 3.8) is 0 Å². The molecule has 0 bridgehead atoms. The van der Waals surface area contributed by atoms with E-state index in [0.717, 1.165) is 0 Å². The summed E-state index contributed by atoms with van der Waals surface area (Å²) in [6.45, 7) is 11.0. The second-order valence-electron chi connectivity index (χ2n) is 8.98. The number of hydrogen-bond donors (Lipinski definition) is 6. The van der Waals surface area contributed by atoms with Crippen LogP contribution in [0.2, 0.25) is 0 Å². The lowest BCUT2D eigenvalue weighted by Gasteiger charge is -2.30. The number of carboxylic acids is 2. The van der Waals surface area contributed by atoms with E-state index in [4.69, 9.17) is 10.8 Å². The Balaban J connectivity index is 5.62. The van der Waals surface area contributed by atoms with Crippen LogP contribution in [0.1, 0.15) is 67.2 Å². The summed E-state index contributed by atoms with van der Waals surface area (Å²) in [5.74, 6) is -5.22. The highest BCUT2D eigenvalue weighted by atomic mass is 16.4. The van der Waals surface area contributed by atoms with Gasteiger partial charge in [-0.3, -0.25) is 19.2 Å². The summed E-state index contributed by atoms with van der Waals surface area (Å²) in [6, 6.07) is -4.50. The molecule has 0 aromatic rings. The highest BCUT2D eigenvalue weighted by molar-refractivity contribution is 5.94. The predicted molar refractivity (Wildman–Crippen MR) is 122 cm³/mol. The van der Waals surface area contributed by atoms with Gasteiger partial charge in [0.1, 0.15) is 18.1 Å². The number of carbonyl (C=O) groups is 5. The third-order valence-electron chi connectivity index (χ3n) is 5.64. The van der Waals surface area contributed by atoms with E-state index in [9.17, 15) is 29.1 Å². The molecule has 0 saturated carbocycles. The number of nitrogens with two attached hydrogens (primary N) is 1. The van der Waals surface area contributed by atoms with Crippen LogP contribution < -0.4 is 21.7 Å². The molecule has 11 nitrogen and oxygen atoms in total. The molecule has 0 saturated heterocycles. The van der Waals surface area contributed by atoms with Crippen molar-refractivity contribution in [1.82, 2.24) is 16.0 Å². The van der Waals surface area contributed by atoms with Gasteiger partial charge in [0.05, 0.1) is 12.5 Å². The Labute approximate surface area is 195 Å². The molecule has 6 unspecified atom stereocenters. The zero-order valence-corrected chi connectivity index (χ0v) is 20.4. The van der Waals surface area contributed by atoms with Gasteiger partial charge in [-0.1, -0.05) is 54.4 Å². The van der Waals surface area contributed by atoms with E-state index in [1.54, 1.807) is 20.8 Å². The molecule has 0 heterocycles. The zero-order chi connectivity index (χ0) is 25.9. The molecule has 7 N–H and O–H groups in total. The van der Waals surface area contributed by atoms with Crippen molar-refractivity contribution < 1.29 is 34.2 Å². The first-order valence-corrected chi connectivity index (χ1v) is 11.4. The first-order valence-electron chi connectivity index (χ1n) is 11.4. The quantitative estimate of drug-likeness (QED) is 0.198. The minimum atomic E-state index is -1.64. The molecule has 0 spiro atoms. The van der Waals surface area contributed by atoms with Crippen LogP contribution in [0.4, 0.5) is 0 Å². The Bertz CT molecular complexity index is 698. The van der Waals surface area contributed by atoms with E-state index in [1.165, 1.54) is 0 Å². The van der Waals surface area contributed by atoms with Gasteiger partial charge >= 0.3 is 11.9 Å². The summed E-state index contributed by atoms with van der Waals surface area (Å²) in [7, 11) is 0. The minimum absolute atomic E-state index is 0.188. The molecule has 0 aromatic heterocycles. The molecule has 0 radical (unpaired) electrons. The number of amides is 3. The summed E-state index contributed by atoms with van der Waals surface area (Å²) in [5, 5.41) is 25.6. The fourth-order valence-corrected chi connectivity index (χ4v) is 3.16.